The van der Waals surface area contributed by atoms with Crippen molar-refractivity contribution >= 4 is 23.5 Å². The van der Waals surface area contributed by atoms with Crippen LogP contribution in [-0.4, -0.2) is 36.4 Å². The number of allylic oxidation sites excluding steroid dienone is 2. The van der Waals surface area contributed by atoms with Crippen molar-refractivity contribution in [3.63, 3.8) is 0 Å². The quantitative estimate of drug-likeness (QED) is 0.722. The van der Waals surface area contributed by atoms with Crippen LogP contribution in [0.25, 0.3) is 0 Å². The molecule has 7 heteroatoms. The smallest absolute Gasteiger partial charge is 0.337 e. The van der Waals surface area contributed by atoms with Crippen LogP contribution in [-0.2, 0) is 19.1 Å². The number of ether oxygens (including phenoxy) is 2. The van der Waals surface area contributed by atoms with Crippen molar-refractivity contribution in [3.05, 3.63) is 57.4 Å². The Morgan fingerprint density at radius 1 is 1.11 bits per heavy atom. The van der Waals surface area contributed by atoms with Crippen LogP contribution in [0.5, 0.6) is 0 Å². The van der Waals surface area contributed by atoms with Gasteiger partial charge in [0.15, 0.2) is 0 Å². The first kappa shape index (κ1) is 21.0. The van der Waals surface area contributed by atoms with Gasteiger partial charge in [-0.25, -0.2) is 9.59 Å². The van der Waals surface area contributed by atoms with Crippen molar-refractivity contribution in [1.29, 1.82) is 0 Å². The number of hydrogen-bond donors (Lipinski definition) is 2. The number of aliphatic hydroxyl groups excluding tert-OH is 1. The third-order valence-electron chi connectivity index (χ3n) is 4.07. The summed E-state index contributed by atoms with van der Waals surface area (Å²) in [5.74, 6) is -1.77. The van der Waals surface area contributed by atoms with Crippen LogP contribution in [0.2, 0.25) is 5.02 Å². The van der Waals surface area contributed by atoms with Gasteiger partial charge in [-0.1, -0.05) is 23.7 Å². The standard InChI is InChI=1S/C20H24ClNO5/c1-11(2)27-20(25)17-13(4)22-12(3)16(19(24)26-10-9-23)18(17)14-5-7-15(21)8-6-14/h5-8,11,18,22-23H,9-10H2,1-4H3. The molecule has 0 radical (unpaired) electrons. The molecule has 2 N–H and O–H groups in total. The molecule has 1 heterocycles. The van der Waals surface area contributed by atoms with E-state index in [0.717, 1.165) is 0 Å². The topological polar surface area (TPSA) is 84.9 Å². The van der Waals surface area contributed by atoms with Crippen LogP contribution >= 0.6 is 11.6 Å². The van der Waals surface area contributed by atoms with Gasteiger partial charge in [0, 0.05) is 16.4 Å². The highest BCUT2D eigenvalue weighted by atomic mass is 35.5. The Bertz CT molecular complexity index is 780. The molecule has 1 unspecified atom stereocenters. The minimum absolute atomic E-state index is 0.128. The lowest BCUT2D eigenvalue weighted by Gasteiger charge is -2.30. The van der Waals surface area contributed by atoms with Crippen molar-refractivity contribution in [2.45, 2.75) is 39.7 Å². The molecule has 0 aliphatic carbocycles. The van der Waals surface area contributed by atoms with Crippen LogP contribution in [0.3, 0.4) is 0 Å². The van der Waals surface area contributed by atoms with Crippen LogP contribution in [0, 0.1) is 0 Å². The van der Waals surface area contributed by atoms with E-state index in [1.807, 2.05) is 0 Å². The average Bonchev–Trinajstić information content (AvgIpc) is 2.59. The summed E-state index contributed by atoms with van der Waals surface area (Å²) in [7, 11) is 0. The van der Waals surface area contributed by atoms with Gasteiger partial charge >= 0.3 is 11.9 Å². The first-order valence-electron chi connectivity index (χ1n) is 8.69. The highest BCUT2D eigenvalue weighted by molar-refractivity contribution is 6.30. The number of halogens is 1. The lowest BCUT2D eigenvalue weighted by molar-refractivity contribution is -0.143. The summed E-state index contributed by atoms with van der Waals surface area (Å²) in [6, 6.07) is 6.93. The van der Waals surface area contributed by atoms with Crippen LogP contribution in [0.15, 0.2) is 46.8 Å². The fraction of sp³-hybridized carbons (Fsp3) is 0.400. The van der Waals surface area contributed by atoms with E-state index >= 15 is 0 Å². The Morgan fingerprint density at radius 2 is 1.67 bits per heavy atom. The molecule has 6 nitrogen and oxygen atoms in total. The Balaban J connectivity index is 2.57. The Morgan fingerprint density at radius 3 is 2.19 bits per heavy atom. The van der Waals surface area contributed by atoms with Gasteiger partial charge < -0.3 is 19.9 Å². The Kier molecular flexibility index (Phi) is 7.05. The van der Waals surface area contributed by atoms with Crippen molar-refractivity contribution < 1.29 is 24.2 Å². The zero-order valence-electron chi connectivity index (χ0n) is 15.8. The molecule has 0 spiro atoms. The number of nitrogens with one attached hydrogen (secondary N) is 1. The zero-order valence-corrected chi connectivity index (χ0v) is 16.6. The molecule has 1 aliphatic rings. The summed E-state index contributed by atoms with van der Waals surface area (Å²) in [4.78, 5) is 25.5. The van der Waals surface area contributed by atoms with Gasteiger partial charge in [0.25, 0.3) is 0 Å². The van der Waals surface area contributed by atoms with Crippen molar-refractivity contribution in [1.82, 2.24) is 5.32 Å². The maximum atomic E-state index is 12.8. The predicted molar refractivity (Wildman–Crippen MR) is 102 cm³/mol. The van der Waals surface area contributed by atoms with Gasteiger partial charge in [-0.15, -0.1) is 0 Å². The van der Waals surface area contributed by atoms with Gasteiger partial charge in [-0.05, 0) is 45.4 Å². The maximum Gasteiger partial charge on any atom is 0.337 e. The minimum Gasteiger partial charge on any atom is -0.460 e. The number of esters is 2. The summed E-state index contributed by atoms with van der Waals surface area (Å²) in [5, 5.41) is 12.6. The summed E-state index contributed by atoms with van der Waals surface area (Å²) in [6.07, 6.45) is -0.305. The molecule has 0 aromatic heterocycles. The average molecular weight is 394 g/mol. The summed E-state index contributed by atoms with van der Waals surface area (Å²) in [6.45, 7) is 6.62. The first-order valence-corrected chi connectivity index (χ1v) is 9.07. The summed E-state index contributed by atoms with van der Waals surface area (Å²) >= 11 is 6.00. The largest absolute Gasteiger partial charge is 0.460 e. The second kappa shape index (κ2) is 9.06. The zero-order chi connectivity index (χ0) is 20.1. The first-order chi connectivity index (χ1) is 12.8. The van der Waals surface area contributed by atoms with Gasteiger partial charge in [0.1, 0.15) is 6.61 Å². The SMILES string of the molecule is CC1=C(C(=O)OCCO)C(c2ccc(Cl)cc2)C(C(=O)OC(C)C)=C(C)N1. The predicted octanol–water partition coefficient (Wildman–Crippen LogP) is 3.06. The molecular formula is C20H24ClNO5. The molecule has 0 saturated heterocycles. The molecule has 0 fully saturated rings. The second-order valence-electron chi connectivity index (χ2n) is 6.50. The van der Waals surface area contributed by atoms with E-state index in [0.29, 0.717) is 33.1 Å². The van der Waals surface area contributed by atoms with Gasteiger partial charge in [-0.3, -0.25) is 0 Å². The number of aliphatic hydroxyl groups is 1. The number of benzene rings is 1. The number of carbonyl (C=O) groups excluding carboxylic acids is 2. The van der Waals surface area contributed by atoms with Crippen molar-refractivity contribution in [3.8, 4) is 0 Å². The molecule has 27 heavy (non-hydrogen) atoms. The molecule has 2 rings (SSSR count). The van der Waals surface area contributed by atoms with Crippen molar-refractivity contribution in [2.75, 3.05) is 13.2 Å². The van der Waals surface area contributed by atoms with Crippen LogP contribution in [0.1, 0.15) is 39.2 Å². The van der Waals surface area contributed by atoms with Gasteiger partial charge in [-0.2, -0.15) is 0 Å². The number of hydrogen-bond acceptors (Lipinski definition) is 6. The molecular weight excluding hydrogens is 370 g/mol. The minimum atomic E-state index is -0.666. The monoisotopic (exact) mass is 393 g/mol. The third-order valence-corrected chi connectivity index (χ3v) is 4.32. The molecule has 0 saturated carbocycles. The fourth-order valence-electron chi connectivity index (χ4n) is 3.02. The number of rotatable bonds is 6. The Hall–Kier alpha value is -2.31. The molecule has 1 aliphatic heterocycles. The molecule has 1 aromatic rings. The van der Waals surface area contributed by atoms with Crippen molar-refractivity contribution in [2.24, 2.45) is 0 Å². The molecule has 0 amide bonds. The van der Waals surface area contributed by atoms with E-state index in [9.17, 15) is 9.59 Å². The number of carbonyl (C=O) groups is 2. The van der Waals surface area contributed by atoms with E-state index in [2.05, 4.69) is 5.32 Å². The van der Waals surface area contributed by atoms with Gasteiger partial charge in [0.05, 0.1) is 29.8 Å². The second-order valence-corrected chi connectivity index (χ2v) is 6.94. The number of dihydropyridines is 1. The highest BCUT2D eigenvalue weighted by Gasteiger charge is 2.38. The summed E-state index contributed by atoms with van der Waals surface area (Å²) < 4.78 is 10.5. The molecule has 146 valence electrons. The van der Waals surface area contributed by atoms with Gasteiger partial charge in [0.2, 0.25) is 0 Å². The van der Waals surface area contributed by atoms with E-state index in [4.69, 9.17) is 26.2 Å². The fourth-order valence-corrected chi connectivity index (χ4v) is 3.14. The van der Waals surface area contributed by atoms with E-state index in [1.54, 1.807) is 52.0 Å². The highest BCUT2D eigenvalue weighted by Crippen LogP contribution is 2.39. The van der Waals surface area contributed by atoms with E-state index in [-0.39, 0.29) is 19.3 Å². The Labute approximate surface area is 163 Å². The molecule has 0 bridgehead atoms. The lowest BCUT2D eigenvalue weighted by Crippen LogP contribution is -2.33. The molecule has 1 atom stereocenters. The maximum absolute atomic E-state index is 12.8. The normalized spacial score (nSPS) is 17.1. The summed E-state index contributed by atoms with van der Waals surface area (Å²) in [5.41, 5.74) is 2.54. The van der Waals surface area contributed by atoms with Crippen LogP contribution < -0.4 is 5.32 Å². The lowest BCUT2D eigenvalue weighted by atomic mass is 9.80. The van der Waals surface area contributed by atoms with E-state index in [1.165, 1.54) is 0 Å². The third kappa shape index (κ3) is 4.90. The molecule has 1 aromatic carbocycles. The van der Waals surface area contributed by atoms with Crippen LogP contribution in [0.4, 0.5) is 0 Å². The van der Waals surface area contributed by atoms with E-state index < -0.39 is 17.9 Å².